The van der Waals surface area contributed by atoms with Gasteiger partial charge in [-0.25, -0.2) is 0 Å². The quantitative estimate of drug-likeness (QED) is 0.722. The van der Waals surface area contributed by atoms with Crippen LogP contribution in [-0.4, -0.2) is 6.10 Å². The van der Waals surface area contributed by atoms with Gasteiger partial charge in [-0.1, -0.05) is 6.58 Å². The van der Waals surface area contributed by atoms with Crippen molar-refractivity contribution in [2.45, 2.75) is 26.4 Å². The van der Waals surface area contributed by atoms with Gasteiger partial charge in [-0.3, -0.25) is 4.79 Å². The third-order valence-electron chi connectivity index (χ3n) is 3.29. The topological polar surface area (TPSA) is 39.4 Å². The Hall–Kier alpha value is -2.03. The highest BCUT2D eigenvalue weighted by Crippen LogP contribution is 2.35. The van der Waals surface area contributed by atoms with Gasteiger partial charge in [-0.05, 0) is 31.6 Å². The molecule has 0 radical (unpaired) electrons. The van der Waals surface area contributed by atoms with Gasteiger partial charge in [0.05, 0.1) is 5.39 Å². The van der Waals surface area contributed by atoms with E-state index in [1.54, 1.807) is 13.0 Å². The lowest BCUT2D eigenvalue weighted by molar-refractivity contribution is 0.271. The molecule has 18 heavy (non-hydrogen) atoms. The summed E-state index contributed by atoms with van der Waals surface area (Å²) >= 11 is 0. The molecule has 2 aromatic rings. The van der Waals surface area contributed by atoms with Gasteiger partial charge >= 0.3 is 0 Å². The summed E-state index contributed by atoms with van der Waals surface area (Å²) < 4.78 is 11.4. The Bertz CT molecular complexity index is 709. The van der Waals surface area contributed by atoms with Crippen molar-refractivity contribution in [2.75, 3.05) is 0 Å². The SMILES string of the molecule is C=C(C)C1Cc2c(ccc3oc(C)cc(=O)c23)O1. The van der Waals surface area contributed by atoms with Crippen LogP contribution in [0.15, 0.2) is 39.6 Å². The lowest BCUT2D eigenvalue weighted by atomic mass is 10.0. The highest BCUT2D eigenvalue weighted by Gasteiger charge is 2.26. The monoisotopic (exact) mass is 242 g/mol. The summed E-state index contributed by atoms with van der Waals surface area (Å²) in [6.45, 7) is 7.63. The Morgan fingerprint density at radius 1 is 1.44 bits per heavy atom. The van der Waals surface area contributed by atoms with E-state index in [1.807, 2.05) is 13.0 Å². The van der Waals surface area contributed by atoms with Crippen molar-refractivity contribution in [2.24, 2.45) is 0 Å². The van der Waals surface area contributed by atoms with E-state index in [0.29, 0.717) is 23.2 Å². The maximum atomic E-state index is 12.1. The van der Waals surface area contributed by atoms with Crippen molar-refractivity contribution in [3.63, 3.8) is 0 Å². The van der Waals surface area contributed by atoms with E-state index in [-0.39, 0.29) is 11.5 Å². The smallest absolute Gasteiger partial charge is 0.193 e. The van der Waals surface area contributed by atoms with Crippen molar-refractivity contribution in [3.8, 4) is 5.75 Å². The number of fused-ring (bicyclic) bond motifs is 3. The molecule has 1 aromatic carbocycles. The molecule has 1 unspecified atom stereocenters. The second kappa shape index (κ2) is 3.73. The van der Waals surface area contributed by atoms with Gasteiger partial charge in [0.2, 0.25) is 0 Å². The van der Waals surface area contributed by atoms with Crippen LogP contribution in [0, 0.1) is 6.92 Å². The molecule has 0 fully saturated rings. The molecule has 0 aliphatic carbocycles. The second-order valence-corrected chi connectivity index (χ2v) is 4.79. The van der Waals surface area contributed by atoms with Crippen LogP contribution in [-0.2, 0) is 6.42 Å². The molecule has 1 atom stereocenters. The predicted molar refractivity (Wildman–Crippen MR) is 70.2 cm³/mol. The first-order valence-corrected chi connectivity index (χ1v) is 5.94. The minimum atomic E-state index is -0.0358. The van der Waals surface area contributed by atoms with Crippen molar-refractivity contribution in [1.29, 1.82) is 0 Å². The van der Waals surface area contributed by atoms with Crippen molar-refractivity contribution in [3.05, 3.63) is 51.9 Å². The zero-order chi connectivity index (χ0) is 12.9. The first-order chi connectivity index (χ1) is 8.56. The minimum absolute atomic E-state index is 0.00318. The van der Waals surface area contributed by atoms with E-state index in [0.717, 1.165) is 16.9 Å². The van der Waals surface area contributed by atoms with Crippen molar-refractivity contribution < 1.29 is 9.15 Å². The summed E-state index contributed by atoms with van der Waals surface area (Å²) in [5.74, 6) is 1.40. The molecule has 0 amide bonds. The molecule has 3 heteroatoms. The van der Waals surface area contributed by atoms with Crippen molar-refractivity contribution >= 4 is 11.0 Å². The van der Waals surface area contributed by atoms with Crippen LogP contribution < -0.4 is 10.2 Å². The first-order valence-electron chi connectivity index (χ1n) is 5.94. The molecule has 1 aliphatic heterocycles. The van der Waals surface area contributed by atoms with Gasteiger partial charge in [0.1, 0.15) is 23.2 Å². The third kappa shape index (κ3) is 1.55. The van der Waals surface area contributed by atoms with Gasteiger partial charge < -0.3 is 9.15 Å². The average molecular weight is 242 g/mol. The molecular weight excluding hydrogens is 228 g/mol. The number of hydrogen-bond acceptors (Lipinski definition) is 3. The van der Waals surface area contributed by atoms with Crippen LogP contribution in [0.25, 0.3) is 11.0 Å². The summed E-state index contributed by atoms with van der Waals surface area (Å²) in [6.07, 6.45) is 0.654. The van der Waals surface area contributed by atoms with Crippen LogP contribution in [0.2, 0.25) is 0 Å². The fourth-order valence-corrected chi connectivity index (χ4v) is 2.39. The Kier molecular flexibility index (Phi) is 2.30. The zero-order valence-corrected chi connectivity index (χ0v) is 10.4. The fourth-order valence-electron chi connectivity index (χ4n) is 2.39. The molecule has 0 spiro atoms. The van der Waals surface area contributed by atoms with E-state index in [1.165, 1.54) is 6.07 Å². The standard InChI is InChI=1S/C15H14O3/c1-8(2)14-7-10-12(18-14)4-5-13-15(10)11(16)6-9(3)17-13/h4-6,14H,1,7H2,2-3H3. The Balaban J connectivity index is 2.27. The van der Waals surface area contributed by atoms with Gasteiger partial charge in [-0.15, -0.1) is 0 Å². The maximum Gasteiger partial charge on any atom is 0.193 e. The molecule has 92 valence electrons. The molecular formula is C15H14O3. The van der Waals surface area contributed by atoms with E-state index in [9.17, 15) is 4.79 Å². The first kappa shape index (κ1) is 11.1. The number of hydrogen-bond donors (Lipinski definition) is 0. The fraction of sp³-hybridized carbons (Fsp3) is 0.267. The Morgan fingerprint density at radius 3 is 2.94 bits per heavy atom. The number of ether oxygens (including phenoxy) is 1. The molecule has 1 aliphatic rings. The molecule has 0 N–H and O–H groups in total. The second-order valence-electron chi connectivity index (χ2n) is 4.79. The molecule has 1 aromatic heterocycles. The Morgan fingerprint density at radius 2 is 2.22 bits per heavy atom. The Labute approximate surface area is 105 Å². The summed E-state index contributed by atoms with van der Waals surface area (Å²) in [4.78, 5) is 12.1. The summed E-state index contributed by atoms with van der Waals surface area (Å²) in [5.41, 5.74) is 2.53. The van der Waals surface area contributed by atoms with Gasteiger partial charge in [0, 0.05) is 18.1 Å². The van der Waals surface area contributed by atoms with E-state index >= 15 is 0 Å². The predicted octanol–water partition coefficient (Wildman–Crippen LogP) is 2.98. The third-order valence-corrected chi connectivity index (χ3v) is 3.29. The van der Waals surface area contributed by atoms with E-state index in [4.69, 9.17) is 9.15 Å². The van der Waals surface area contributed by atoms with Crippen molar-refractivity contribution in [1.82, 2.24) is 0 Å². The van der Waals surface area contributed by atoms with Gasteiger partial charge in [0.15, 0.2) is 5.43 Å². The minimum Gasteiger partial charge on any atom is -0.485 e. The highest BCUT2D eigenvalue weighted by molar-refractivity contribution is 5.83. The zero-order valence-electron chi connectivity index (χ0n) is 10.4. The van der Waals surface area contributed by atoms with Crippen LogP contribution in [0.1, 0.15) is 18.2 Å². The summed E-state index contributed by atoms with van der Waals surface area (Å²) in [5, 5.41) is 0.641. The maximum absolute atomic E-state index is 12.1. The van der Waals surface area contributed by atoms with Crippen LogP contribution in [0.4, 0.5) is 0 Å². The number of aryl methyl sites for hydroxylation is 1. The lowest BCUT2D eigenvalue weighted by Crippen LogP contribution is -2.13. The van der Waals surface area contributed by atoms with Gasteiger partial charge in [0.25, 0.3) is 0 Å². The van der Waals surface area contributed by atoms with Crippen LogP contribution in [0.5, 0.6) is 5.75 Å². The number of benzene rings is 1. The molecule has 0 bridgehead atoms. The van der Waals surface area contributed by atoms with Crippen LogP contribution >= 0.6 is 0 Å². The average Bonchev–Trinajstić information content (AvgIpc) is 2.71. The van der Waals surface area contributed by atoms with E-state index < -0.39 is 0 Å². The lowest BCUT2D eigenvalue weighted by Gasteiger charge is -2.08. The van der Waals surface area contributed by atoms with Gasteiger partial charge in [-0.2, -0.15) is 0 Å². The molecule has 2 heterocycles. The molecule has 3 nitrogen and oxygen atoms in total. The number of rotatable bonds is 1. The summed E-state index contributed by atoms with van der Waals surface area (Å²) in [7, 11) is 0. The summed E-state index contributed by atoms with van der Waals surface area (Å²) in [6, 6.07) is 5.18. The largest absolute Gasteiger partial charge is 0.485 e. The normalized spacial score (nSPS) is 17.6. The molecule has 0 saturated heterocycles. The van der Waals surface area contributed by atoms with E-state index in [2.05, 4.69) is 6.58 Å². The highest BCUT2D eigenvalue weighted by atomic mass is 16.5. The molecule has 0 saturated carbocycles. The van der Waals surface area contributed by atoms with Crippen LogP contribution in [0.3, 0.4) is 0 Å². The molecule has 3 rings (SSSR count).